The van der Waals surface area contributed by atoms with E-state index in [9.17, 15) is 0 Å². The summed E-state index contributed by atoms with van der Waals surface area (Å²) >= 11 is 0. The van der Waals surface area contributed by atoms with Gasteiger partial charge >= 0.3 is 0 Å². The summed E-state index contributed by atoms with van der Waals surface area (Å²) < 4.78 is 11.5. The lowest BCUT2D eigenvalue weighted by molar-refractivity contribution is 0.313. The molecule has 0 radical (unpaired) electrons. The maximum Gasteiger partial charge on any atom is 0.119 e. The zero-order valence-electron chi connectivity index (χ0n) is 30.3. The van der Waals surface area contributed by atoms with Gasteiger partial charge < -0.3 is 35.1 Å². The lowest BCUT2D eigenvalue weighted by Gasteiger charge is -2.10. The highest BCUT2D eigenvalue weighted by Crippen LogP contribution is 2.29. The molecule has 9 rings (SSSR count). The largest absolute Gasteiger partial charge is 0.497 e. The van der Waals surface area contributed by atoms with Gasteiger partial charge in [-0.15, -0.1) is 0 Å². The normalized spacial score (nSPS) is 12.6. The summed E-state index contributed by atoms with van der Waals surface area (Å²) in [5.74, 6) is 1.61. The molecule has 0 saturated heterocycles. The Hall–Kier alpha value is -7.10. The Morgan fingerprint density at radius 2 is 0.800 bits per heavy atom. The number of hydrogen-bond acceptors (Lipinski definition) is 5. The van der Waals surface area contributed by atoms with Crippen molar-refractivity contribution in [2.24, 2.45) is 5.73 Å². The smallest absolute Gasteiger partial charge is 0.119 e. The summed E-state index contributed by atoms with van der Waals surface area (Å²) in [5, 5.41) is 3.85. The molecule has 55 heavy (non-hydrogen) atoms. The summed E-state index contributed by atoms with van der Waals surface area (Å²) in [7, 11) is 1.69. The van der Waals surface area contributed by atoms with Crippen LogP contribution in [-0.2, 0) is 0 Å². The Morgan fingerprint density at radius 1 is 0.436 bits per heavy atom. The molecule has 6 N–H and O–H groups in total. The maximum atomic E-state index is 5.97. The van der Waals surface area contributed by atoms with E-state index < -0.39 is 0 Å². The van der Waals surface area contributed by atoms with Crippen LogP contribution in [0.1, 0.15) is 51.5 Å². The van der Waals surface area contributed by atoms with Gasteiger partial charge in [-0.2, -0.15) is 0 Å². The number of pyridine rings is 2. The zero-order valence-corrected chi connectivity index (χ0v) is 30.3. The lowest BCUT2D eigenvalue weighted by atomic mass is 10.0. The first-order chi connectivity index (χ1) is 27.2. The van der Waals surface area contributed by atoms with E-state index in [1.54, 1.807) is 7.11 Å². The highest BCUT2D eigenvalue weighted by atomic mass is 16.5. The summed E-state index contributed by atoms with van der Waals surface area (Å²) in [6.07, 6.45) is 8.12. The number of rotatable bonds is 9. The van der Waals surface area contributed by atoms with E-state index in [0.717, 1.165) is 107 Å². The number of H-pyrrole nitrogens is 4. The SMILES string of the molecule is COc1ccc(C2=c3ccc([nH]3)=C(c3ccncc3)c3ccc([nH]3)C(c3ccc(OCCCN)cc3)=c3ccc([nH]3)=C(c3ccncc3)c3ccc2[nH]3)cc1. The van der Waals surface area contributed by atoms with Crippen molar-refractivity contribution in [3.05, 3.63) is 213 Å². The number of methoxy groups -OCH3 is 1. The third-order valence-corrected chi connectivity index (χ3v) is 9.98. The zero-order chi connectivity index (χ0) is 37.1. The highest BCUT2D eigenvalue weighted by molar-refractivity contribution is 5.84. The van der Waals surface area contributed by atoms with Gasteiger partial charge in [0, 0.05) is 91.3 Å². The average molecular weight is 722 g/mol. The number of ether oxygens (including phenoxy) is 2. The van der Waals surface area contributed by atoms with Crippen LogP contribution in [-0.4, -0.2) is 50.2 Å². The van der Waals surface area contributed by atoms with Gasteiger partial charge in [-0.1, -0.05) is 24.3 Å². The van der Waals surface area contributed by atoms with E-state index in [-0.39, 0.29) is 0 Å². The fourth-order valence-electron chi connectivity index (χ4n) is 7.36. The Kier molecular flexibility index (Phi) is 9.03. The predicted octanol–water partition coefficient (Wildman–Crippen LogP) is 4.83. The van der Waals surface area contributed by atoms with Gasteiger partial charge in [0.1, 0.15) is 11.5 Å². The molecule has 6 aromatic heterocycles. The molecule has 0 fully saturated rings. The number of nitrogens with two attached hydrogens (primary N) is 1. The van der Waals surface area contributed by atoms with E-state index in [1.807, 2.05) is 73.3 Å². The van der Waals surface area contributed by atoms with Gasteiger partial charge in [0.05, 0.1) is 13.7 Å². The first-order valence-corrected chi connectivity index (χ1v) is 18.3. The molecule has 0 saturated carbocycles. The minimum Gasteiger partial charge on any atom is -0.497 e. The topological polar surface area (TPSA) is 133 Å². The molecule has 9 nitrogen and oxygen atoms in total. The predicted molar refractivity (Wildman–Crippen MR) is 215 cm³/mol. The molecule has 7 heterocycles. The molecule has 0 amide bonds. The number of nitrogens with zero attached hydrogens (tertiary/aromatic N) is 2. The van der Waals surface area contributed by atoms with Crippen LogP contribution in [0.15, 0.2) is 146 Å². The molecule has 0 unspecified atom stereocenters. The van der Waals surface area contributed by atoms with Gasteiger partial charge in [-0.3, -0.25) is 9.97 Å². The number of benzene rings is 2. The van der Waals surface area contributed by atoms with Crippen molar-refractivity contribution in [3.63, 3.8) is 0 Å². The minimum absolute atomic E-state index is 0.577. The van der Waals surface area contributed by atoms with E-state index in [4.69, 9.17) is 15.2 Å². The second kappa shape index (κ2) is 14.7. The van der Waals surface area contributed by atoms with Crippen molar-refractivity contribution in [2.75, 3.05) is 20.3 Å². The van der Waals surface area contributed by atoms with Crippen molar-refractivity contribution in [1.29, 1.82) is 0 Å². The van der Waals surface area contributed by atoms with Crippen molar-refractivity contribution >= 4 is 22.3 Å². The summed E-state index contributed by atoms with van der Waals surface area (Å²) in [4.78, 5) is 23.9. The Balaban J connectivity index is 1.36. The number of aromatic nitrogens is 6. The van der Waals surface area contributed by atoms with Gasteiger partial charge in [0.15, 0.2) is 0 Å². The minimum atomic E-state index is 0.577. The molecular weight excluding hydrogens is 683 g/mol. The van der Waals surface area contributed by atoms with E-state index in [1.165, 1.54) is 0 Å². The first kappa shape index (κ1) is 33.7. The molecule has 1 aliphatic heterocycles. The Morgan fingerprint density at radius 3 is 1.16 bits per heavy atom. The van der Waals surface area contributed by atoms with Crippen LogP contribution in [0.3, 0.4) is 0 Å². The summed E-state index contributed by atoms with van der Waals surface area (Å²) in [5.41, 5.74) is 17.8. The second-order valence-electron chi connectivity index (χ2n) is 13.4. The molecule has 270 valence electrons. The van der Waals surface area contributed by atoms with Crippen LogP contribution in [0, 0.1) is 0 Å². The van der Waals surface area contributed by atoms with Crippen LogP contribution in [0.4, 0.5) is 0 Å². The van der Waals surface area contributed by atoms with Crippen molar-refractivity contribution in [2.45, 2.75) is 6.42 Å². The number of nitrogens with one attached hydrogen (secondary N) is 4. The Labute approximate surface area is 317 Å². The molecule has 0 atom stereocenters. The number of hydrogen-bond donors (Lipinski definition) is 5. The van der Waals surface area contributed by atoms with Crippen LogP contribution >= 0.6 is 0 Å². The second-order valence-corrected chi connectivity index (χ2v) is 13.4. The highest BCUT2D eigenvalue weighted by Gasteiger charge is 2.18. The summed E-state index contributed by atoms with van der Waals surface area (Å²) in [6.45, 7) is 1.17. The number of fused-ring (bicyclic) bond motifs is 8. The molecule has 9 heteroatoms. The third kappa shape index (κ3) is 6.58. The maximum absolute atomic E-state index is 5.97. The molecule has 0 spiro atoms. The average Bonchev–Trinajstić information content (AvgIpc) is 4.08. The van der Waals surface area contributed by atoms with Gasteiger partial charge in [0.25, 0.3) is 0 Å². The van der Waals surface area contributed by atoms with Crippen molar-refractivity contribution < 1.29 is 9.47 Å². The molecule has 0 aliphatic carbocycles. The standard InChI is InChI=1S/C46H39N7O2/c1-54-33-7-3-29(4-8-33)43-35-11-15-39(50-35)45(31-19-24-48-25-20-31)41-17-13-37(52-41)44(30-5-9-34(10-6-30)55-28-2-23-47)38-14-18-42(53-38)46(32-21-26-49-27-22-32)40-16-12-36(43)51-40/h3-22,24-27,50-53H,2,23,28,47H2,1H3. The van der Waals surface area contributed by atoms with E-state index in [2.05, 4.69) is 103 Å². The number of aromatic amines is 4. The molecule has 8 bridgehead atoms. The fraction of sp³-hybridized carbons (Fsp3) is 0.0870. The van der Waals surface area contributed by atoms with Crippen LogP contribution < -0.4 is 36.6 Å². The molecule has 8 aromatic rings. The summed E-state index contributed by atoms with van der Waals surface area (Å²) in [6, 6.07) is 41.8. The molecular formula is C46H39N7O2. The van der Waals surface area contributed by atoms with E-state index in [0.29, 0.717) is 13.2 Å². The molecule has 1 aliphatic rings. The van der Waals surface area contributed by atoms with Gasteiger partial charge in [-0.05, 0) is 132 Å². The molecule has 2 aromatic carbocycles. The van der Waals surface area contributed by atoms with Crippen molar-refractivity contribution in [3.8, 4) is 11.5 Å². The van der Waals surface area contributed by atoms with Gasteiger partial charge in [0.2, 0.25) is 0 Å². The van der Waals surface area contributed by atoms with Crippen LogP contribution in [0.2, 0.25) is 0 Å². The quantitative estimate of drug-likeness (QED) is 0.136. The van der Waals surface area contributed by atoms with Crippen LogP contribution in [0.5, 0.6) is 11.5 Å². The lowest BCUT2D eigenvalue weighted by Crippen LogP contribution is -2.19. The van der Waals surface area contributed by atoms with Crippen molar-refractivity contribution in [1.82, 2.24) is 29.9 Å². The fourth-order valence-corrected chi connectivity index (χ4v) is 7.36. The van der Waals surface area contributed by atoms with Crippen LogP contribution in [0.25, 0.3) is 22.3 Å². The first-order valence-electron chi connectivity index (χ1n) is 18.3. The van der Waals surface area contributed by atoms with E-state index >= 15 is 0 Å². The Bertz CT molecular complexity index is 2850. The third-order valence-electron chi connectivity index (χ3n) is 9.98. The monoisotopic (exact) mass is 721 g/mol. The van der Waals surface area contributed by atoms with Gasteiger partial charge in [-0.25, -0.2) is 0 Å².